The highest BCUT2D eigenvalue weighted by molar-refractivity contribution is 5.41. The Hall–Kier alpha value is -1.26. The van der Waals surface area contributed by atoms with Crippen LogP contribution in [0.1, 0.15) is 31.9 Å². The van der Waals surface area contributed by atoms with Gasteiger partial charge in [-0.2, -0.15) is 0 Å². The van der Waals surface area contributed by atoms with Crippen molar-refractivity contribution in [2.45, 2.75) is 26.4 Å². The van der Waals surface area contributed by atoms with Gasteiger partial charge in [-0.1, -0.05) is 0 Å². The minimum absolute atomic E-state index is 0.558. The summed E-state index contributed by atoms with van der Waals surface area (Å²) in [6.07, 6.45) is 0.266. The molecule has 0 saturated carbocycles. The Kier molecular flexibility index (Phi) is 6.54. The molecular weight excluding hydrogens is 232 g/mol. The predicted molar refractivity (Wildman–Crippen MR) is 70.2 cm³/mol. The molecule has 0 spiro atoms. The molecule has 0 fully saturated rings. The summed E-state index contributed by atoms with van der Waals surface area (Å²) in [5.41, 5.74) is 0.771. The van der Waals surface area contributed by atoms with Crippen molar-refractivity contribution in [3.8, 4) is 11.5 Å². The molecule has 0 heterocycles. The SMILES string of the molecule is CCOCCCOc1cc(OC)ccc1C(C)O. The summed E-state index contributed by atoms with van der Waals surface area (Å²) in [6, 6.07) is 5.43. The summed E-state index contributed by atoms with van der Waals surface area (Å²) in [7, 11) is 1.61. The van der Waals surface area contributed by atoms with Gasteiger partial charge in [0.05, 0.1) is 19.8 Å². The quantitative estimate of drug-likeness (QED) is 0.724. The van der Waals surface area contributed by atoms with Gasteiger partial charge < -0.3 is 19.3 Å². The molecule has 0 aliphatic rings. The minimum atomic E-state index is -0.558. The maximum Gasteiger partial charge on any atom is 0.128 e. The van der Waals surface area contributed by atoms with Crippen LogP contribution in [0.3, 0.4) is 0 Å². The summed E-state index contributed by atoms with van der Waals surface area (Å²) >= 11 is 0. The highest BCUT2D eigenvalue weighted by atomic mass is 16.5. The number of ether oxygens (including phenoxy) is 3. The molecule has 0 saturated heterocycles. The van der Waals surface area contributed by atoms with Gasteiger partial charge in [0.15, 0.2) is 0 Å². The van der Waals surface area contributed by atoms with E-state index >= 15 is 0 Å². The molecular formula is C14H22O4. The van der Waals surface area contributed by atoms with Crippen molar-refractivity contribution >= 4 is 0 Å². The first-order chi connectivity index (χ1) is 8.69. The monoisotopic (exact) mass is 254 g/mol. The van der Waals surface area contributed by atoms with Gasteiger partial charge in [0, 0.05) is 31.3 Å². The molecule has 0 bridgehead atoms. The molecule has 4 nitrogen and oxygen atoms in total. The fourth-order valence-electron chi connectivity index (χ4n) is 1.60. The van der Waals surface area contributed by atoms with Gasteiger partial charge >= 0.3 is 0 Å². The number of rotatable bonds is 8. The third-order valence-corrected chi connectivity index (χ3v) is 2.57. The van der Waals surface area contributed by atoms with Crippen molar-refractivity contribution in [2.75, 3.05) is 26.9 Å². The topological polar surface area (TPSA) is 47.9 Å². The van der Waals surface area contributed by atoms with Gasteiger partial charge in [0.1, 0.15) is 11.5 Å². The normalized spacial score (nSPS) is 12.2. The Morgan fingerprint density at radius 2 is 2.06 bits per heavy atom. The molecule has 1 atom stereocenters. The van der Waals surface area contributed by atoms with Gasteiger partial charge in [-0.3, -0.25) is 0 Å². The molecule has 0 aromatic heterocycles. The van der Waals surface area contributed by atoms with Crippen molar-refractivity contribution in [1.29, 1.82) is 0 Å². The number of hydrogen-bond acceptors (Lipinski definition) is 4. The number of benzene rings is 1. The Labute approximate surface area is 108 Å². The maximum absolute atomic E-state index is 9.66. The van der Waals surface area contributed by atoms with Crippen LogP contribution in [0.2, 0.25) is 0 Å². The number of aliphatic hydroxyl groups excluding tert-OH is 1. The van der Waals surface area contributed by atoms with Crippen LogP contribution < -0.4 is 9.47 Å². The van der Waals surface area contributed by atoms with E-state index in [1.165, 1.54) is 0 Å². The fraction of sp³-hybridized carbons (Fsp3) is 0.571. The molecule has 1 aromatic carbocycles. The smallest absolute Gasteiger partial charge is 0.128 e. The van der Waals surface area contributed by atoms with E-state index in [4.69, 9.17) is 14.2 Å². The van der Waals surface area contributed by atoms with Crippen molar-refractivity contribution < 1.29 is 19.3 Å². The third-order valence-electron chi connectivity index (χ3n) is 2.57. The second-order valence-corrected chi connectivity index (χ2v) is 3.98. The van der Waals surface area contributed by atoms with E-state index in [1.807, 2.05) is 19.1 Å². The standard InChI is InChI=1S/C14H22O4/c1-4-17-8-5-9-18-14-10-12(16-3)6-7-13(14)11(2)15/h6-7,10-11,15H,4-5,8-9H2,1-3H3. The molecule has 1 N–H and O–H groups in total. The Morgan fingerprint density at radius 1 is 1.28 bits per heavy atom. The van der Waals surface area contributed by atoms with Crippen LogP contribution in [-0.2, 0) is 4.74 Å². The van der Waals surface area contributed by atoms with E-state index in [0.29, 0.717) is 19.0 Å². The van der Waals surface area contributed by atoms with E-state index in [2.05, 4.69) is 0 Å². The van der Waals surface area contributed by atoms with Crippen molar-refractivity contribution in [3.63, 3.8) is 0 Å². The summed E-state index contributed by atoms with van der Waals surface area (Å²) in [5, 5.41) is 9.66. The molecule has 0 radical (unpaired) electrons. The van der Waals surface area contributed by atoms with E-state index in [9.17, 15) is 5.11 Å². The minimum Gasteiger partial charge on any atom is -0.497 e. The lowest BCUT2D eigenvalue weighted by atomic mass is 10.1. The highest BCUT2D eigenvalue weighted by Crippen LogP contribution is 2.29. The van der Waals surface area contributed by atoms with Gasteiger partial charge in [-0.05, 0) is 26.0 Å². The van der Waals surface area contributed by atoms with Crippen LogP contribution >= 0.6 is 0 Å². The van der Waals surface area contributed by atoms with Gasteiger partial charge in [-0.15, -0.1) is 0 Å². The zero-order valence-corrected chi connectivity index (χ0v) is 11.3. The van der Waals surface area contributed by atoms with Crippen LogP contribution in [0.15, 0.2) is 18.2 Å². The highest BCUT2D eigenvalue weighted by Gasteiger charge is 2.10. The third kappa shape index (κ3) is 4.55. The second kappa shape index (κ2) is 7.95. The average molecular weight is 254 g/mol. The lowest BCUT2D eigenvalue weighted by Gasteiger charge is -2.14. The predicted octanol–water partition coefficient (Wildman–Crippen LogP) is 2.55. The second-order valence-electron chi connectivity index (χ2n) is 3.98. The molecule has 1 aromatic rings. The van der Waals surface area contributed by atoms with Crippen LogP contribution in [0, 0.1) is 0 Å². The summed E-state index contributed by atoms with van der Waals surface area (Å²) < 4.78 is 16.1. The van der Waals surface area contributed by atoms with E-state index in [0.717, 1.165) is 24.3 Å². The summed E-state index contributed by atoms with van der Waals surface area (Å²) in [5.74, 6) is 1.39. The molecule has 0 aliphatic carbocycles. The maximum atomic E-state index is 9.66. The van der Waals surface area contributed by atoms with Crippen molar-refractivity contribution in [2.24, 2.45) is 0 Å². The largest absolute Gasteiger partial charge is 0.497 e. The average Bonchev–Trinajstić information content (AvgIpc) is 2.38. The Bertz CT molecular complexity index is 350. The van der Waals surface area contributed by atoms with Gasteiger partial charge in [-0.25, -0.2) is 0 Å². The first-order valence-electron chi connectivity index (χ1n) is 6.25. The molecule has 0 amide bonds. The van der Waals surface area contributed by atoms with Crippen molar-refractivity contribution in [3.05, 3.63) is 23.8 Å². The zero-order chi connectivity index (χ0) is 13.4. The van der Waals surface area contributed by atoms with Gasteiger partial charge in [0.2, 0.25) is 0 Å². The van der Waals surface area contributed by atoms with Crippen LogP contribution in [0.25, 0.3) is 0 Å². The lowest BCUT2D eigenvalue weighted by Crippen LogP contribution is -2.05. The molecule has 4 heteroatoms. The van der Waals surface area contributed by atoms with Crippen LogP contribution in [0.5, 0.6) is 11.5 Å². The Morgan fingerprint density at radius 3 is 2.67 bits per heavy atom. The van der Waals surface area contributed by atoms with E-state index < -0.39 is 6.10 Å². The van der Waals surface area contributed by atoms with Crippen LogP contribution in [0.4, 0.5) is 0 Å². The number of methoxy groups -OCH3 is 1. The molecule has 18 heavy (non-hydrogen) atoms. The molecule has 1 unspecified atom stereocenters. The van der Waals surface area contributed by atoms with E-state index in [-0.39, 0.29) is 0 Å². The van der Waals surface area contributed by atoms with Gasteiger partial charge in [0.25, 0.3) is 0 Å². The fourth-order valence-corrected chi connectivity index (χ4v) is 1.60. The number of aliphatic hydroxyl groups is 1. The molecule has 1 rings (SSSR count). The number of hydrogen-bond donors (Lipinski definition) is 1. The van der Waals surface area contributed by atoms with E-state index in [1.54, 1.807) is 20.1 Å². The molecule has 0 aliphatic heterocycles. The first-order valence-corrected chi connectivity index (χ1v) is 6.25. The zero-order valence-electron chi connectivity index (χ0n) is 11.3. The first kappa shape index (κ1) is 14.8. The summed E-state index contributed by atoms with van der Waals surface area (Å²) in [4.78, 5) is 0. The Balaban J connectivity index is 2.60. The summed E-state index contributed by atoms with van der Waals surface area (Å²) in [6.45, 7) is 5.65. The molecule has 102 valence electrons. The van der Waals surface area contributed by atoms with Crippen molar-refractivity contribution in [1.82, 2.24) is 0 Å². The lowest BCUT2D eigenvalue weighted by molar-refractivity contribution is 0.129. The van der Waals surface area contributed by atoms with Crippen LogP contribution in [-0.4, -0.2) is 32.0 Å².